The van der Waals surface area contributed by atoms with Gasteiger partial charge in [-0.1, -0.05) is 58.7 Å². The van der Waals surface area contributed by atoms with Crippen LogP contribution in [0.1, 0.15) is 47.5 Å². The number of cyclic esters (lactones) is 1. The Kier molecular flexibility index (Phi) is 10.5. The van der Waals surface area contributed by atoms with Gasteiger partial charge in [0, 0.05) is 54.3 Å². The molecule has 0 saturated carbocycles. The number of amides is 2. The fourth-order valence-corrected chi connectivity index (χ4v) is 5.94. The number of hydrogen-bond donors (Lipinski definition) is 0. The number of ether oxygens (including phenoxy) is 1. The molecule has 0 aromatic heterocycles. The van der Waals surface area contributed by atoms with Crippen LogP contribution in [-0.2, 0) is 9.57 Å². The van der Waals surface area contributed by atoms with E-state index in [1.54, 1.807) is 30.1 Å². The molecular formula is C29H36Cl2N4O4. The summed E-state index contributed by atoms with van der Waals surface area (Å²) in [5.74, 6) is -0.243. The second-order valence-electron chi connectivity index (χ2n) is 10.1. The van der Waals surface area contributed by atoms with Crippen molar-refractivity contribution in [2.24, 2.45) is 5.16 Å². The van der Waals surface area contributed by atoms with Gasteiger partial charge in [0.05, 0.1) is 18.9 Å². The molecule has 4 rings (SSSR count). The van der Waals surface area contributed by atoms with Crippen molar-refractivity contribution in [1.82, 2.24) is 14.7 Å². The SMILES string of the molecule is CO/N=C(\CN(C)C(=O)c1cc(Cl)cc(Cl)c1)C(CCN1CCC(N2CCCOC2=O)CC1)c1ccccc1. The van der Waals surface area contributed by atoms with Crippen LogP contribution in [0.3, 0.4) is 0 Å². The minimum Gasteiger partial charge on any atom is -0.449 e. The third-order valence-electron chi connectivity index (χ3n) is 7.40. The molecule has 39 heavy (non-hydrogen) atoms. The molecule has 2 aromatic rings. The van der Waals surface area contributed by atoms with E-state index in [1.807, 2.05) is 23.1 Å². The Morgan fingerprint density at radius 3 is 2.46 bits per heavy atom. The lowest BCUT2D eigenvalue weighted by atomic mass is 9.90. The van der Waals surface area contributed by atoms with E-state index in [-0.39, 0.29) is 30.5 Å². The Labute approximate surface area is 240 Å². The summed E-state index contributed by atoms with van der Waals surface area (Å²) in [6, 6.07) is 15.3. The summed E-state index contributed by atoms with van der Waals surface area (Å²) in [6.07, 6.45) is 3.40. The number of halogens is 2. The number of benzene rings is 2. The molecule has 1 atom stereocenters. The Bertz CT molecular complexity index is 1130. The van der Waals surface area contributed by atoms with Crippen LogP contribution >= 0.6 is 23.2 Å². The Hall–Kier alpha value is -2.81. The standard InChI is InChI=1S/C29H36Cl2N4O4/c1-33(28(36)22-17-23(30)19-24(31)18-22)20-27(32-38-2)26(21-7-4-3-5-8-21)11-15-34-13-9-25(10-14-34)35-12-6-16-39-29(35)37/h3-5,7-8,17-19,25-26H,6,9-16,20H2,1-2H3/b32-27+. The van der Waals surface area contributed by atoms with Crippen LogP contribution in [0.2, 0.25) is 10.0 Å². The Morgan fingerprint density at radius 1 is 1.13 bits per heavy atom. The van der Waals surface area contributed by atoms with Crippen molar-refractivity contribution in [3.8, 4) is 0 Å². The van der Waals surface area contributed by atoms with E-state index < -0.39 is 0 Å². The van der Waals surface area contributed by atoms with Crippen LogP contribution in [0, 0.1) is 0 Å². The second-order valence-corrected chi connectivity index (χ2v) is 10.9. The fraction of sp³-hybridized carbons (Fsp3) is 0.483. The first kappa shape index (κ1) is 29.2. The van der Waals surface area contributed by atoms with E-state index >= 15 is 0 Å². The lowest BCUT2D eigenvalue weighted by molar-refractivity contribution is 0.0376. The molecule has 2 aromatic carbocycles. The molecule has 0 spiro atoms. The number of hydrogen-bond acceptors (Lipinski definition) is 6. The normalized spacial score (nSPS) is 18.0. The number of carbonyl (C=O) groups is 2. The van der Waals surface area contributed by atoms with Crippen molar-refractivity contribution in [3.63, 3.8) is 0 Å². The Morgan fingerprint density at radius 2 is 1.82 bits per heavy atom. The minimum atomic E-state index is -0.201. The van der Waals surface area contributed by atoms with Crippen LogP contribution in [0.25, 0.3) is 0 Å². The van der Waals surface area contributed by atoms with Gasteiger partial charge in [0.15, 0.2) is 0 Å². The summed E-state index contributed by atoms with van der Waals surface area (Å²) < 4.78 is 5.24. The summed E-state index contributed by atoms with van der Waals surface area (Å²) >= 11 is 12.3. The molecule has 1 unspecified atom stereocenters. The highest BCUT2D eigenvalue weighted by atomic mass is 35.5. The van der Waals surface area contributed by atoms with Crippen molar-refractivity contribution >= 4 is 40.9 Å². The highest BCUT2D eigenvalue weighted by Gasteiger charge is 2.31. The molecular weight excluding hydrogens is 539 g/mol. The van der Waals surface area contributed by atoms with Crippen LogP contribution < -0.4 is 0 Å². The van der Waals surface area contributed by atoms with E-state index in [0.717, 1.165) is 63.1 Å². The molecule has 2 amide bonds. The maximum absolute atomic E-state index is 13.2. The molecule has 2 saturated heterocycles. The number of likely N-dealkylation sites (tertiary alicyclic amines) is 1. The van der Waals surface area contributed by atoms with Crippen molar-refractivity contribution in [1.29, 1.82) is 0 Å². The first-order valence-electron chi connectivity index (χ1n) is 13.4. The average molecular weight is 576 g/mol. The summed E-state index contributed by atoms with van der Waals surface area (Å²) in [5, 5.41) is 5.21. The summed E-state index contributed by atoms with van der Waals surface area (Å²) in [4.78, 5) is 36.6. The minimum absolute atomic E-state index is 0.0425. The van der Waals surface area contributed by atoms with E-state index in [0.29, 0.717) is 22.2 Å². The van der Waals surface area contributed by atoms with E-state index in [1.165, 1.54) is 7.11 Å². The van der Waals surface area contributed by atoms with Gasteiger partial charge in [-0.3, -0.25) is 4.79 Å². The number of oxime groups is 1. The quantitative estimate of drug-likeness (QED) is 0.275. The lowest BCUT2D eigenvalue weighted by Crippen LogP contribution is -2.50. The summed E-state index contributed by atoms with van der Waals surface area (Å²) in [6.45, 7) is 4.29. The maximum atomic E-state index is 13.2. The number of carbonyl (C=O) groups excluding carboxylic acids is 2. The second kappa shape index (κ2) is 14.0. The van der Waals surface area contributed by atoms with Crippen molar-refractivity contribution in [3.05, 3.63) is 69.7 Å². The molecule has 210 valence electrons. The first-order chi connectivity index (χ1) is 18.9. The van der Waals surface area contributed by atoms with Gasteiger partial charge >= 0.3 is 6.09 Å². The third-order valence-corrected chi connectivity index (χ3v) is 7.84. The molecule has 8 nitrogen and oxygen atoms in total. The van der Waals surface area contributed by atoms with Crippen LogP contribution in [0.5, 0.6) is 0 Å². The number of rotatable bonds is 10. The van der Waals surface area contributed by atoms with E-state index in [2.05, 4.69) is 22.2 Å². The lowest BCUT2D eigenvalue weighted by Gasteiger charge is -2.39. The van der Waals surface area contributed by atoms with Gasteiger partial charge in [0.25, 0.3) is 5.91 Å². The highest BCUT2D eigenvalue weighted by molar-refractivity contribution is 6.35. The van der Waals surface area contributed by atoms with Crippen LogP contribution in [-0.4, -0.2) is 91.9 Å². The van der Waals surface area contributed by atoms with Gasteiger partial charge < -0.3 is 24.3 Å². The van der Waals surface area contributed by atoms with Gasteiger partial charge in [0.1, 0.15) is 7.11 Å². The van der Waals surface area contributed by atoms with Gasteiger partial charge in [-0.2, -0.15) is 0 Å². The zero-order valence-corrected chi connectivity index (χ0v) is 24.0. The molecule has 2 aliphatic heterocycles. The third kappa shape index (κ3) is 7.87. The molecule has 0 N–H and O–H groups in total. The van der Waals surface area contributed by atoms with Crippen LogP contribution in [0.4, 0.5) is 4.79 Å². The molecule has 2 heterocycles. The van der Waals surface area contributed by atoms with Crippen molar-refractivity contribution in [2.75, 3.05) is 53.5 Å². The summed E-state index contributed by atoms with van der Waals surface area (Å²) in [5.41, 5.74) is 2.30. The smallest absolute Gasteiger partial charge is 0.410 e. The average Bonchev–Trinajstić information content (AvgIpc) is 2.93. The molecule has 0 aliphatic carbocycles. The molecule has 10 heteroatoms. The zero-order chi connectivity index (χ0) is 27.8. The van der Waals surface area contributed by atoms with E-state index in [4.69, 9.17) is 32.8 Å². The van der Waals surface area contributed by atoms with Gasteiger partial charge in [-0.15, -0.1) is 0 Å². The molecule has 0 bridgehead atoms. The Balaban J connectivity index is 1.43. The maximum Gasteiger partial charge on any atom is 0.410 e. The molecule has 0 radical (unpaired) electrons. The van der Waals surface area contributed by atoms with E-state index in [9.17, 15) is 9.59 Å². The molecule has 2 aliphatic rings. The topological polar surface area (TPSA) is 74.7 Å². The van der Waals surface area contributed by atoms with Crippen molar-refractivity contribution in [2.45, 2.75) is 37.6 Å². The fourth-order valence-electron chi connectivity index (χ4n) is 5.41. The zero-order valence-electron chi connectivity index (χ0n) is 22.5. The largest absolute Gasteiger partial charge is 0.449 e. The van der Waals surface area contributed by atoms with Gasteiger partial charge in [0.2, 0.25) is 0 Å². The van der Waals surface area contributed by atoms with Gasteiger partial charge in [-0.25, -0.2) is 4.79 Å². The highest BCUT2D eigenvalue weighted by Crippen LogP contribution is 2.26. The van der Waals surface area contributed by atoms with Crippen molar-refractivity contribution < 1.29 is 19.2 Å². The number of piperidine rings is 1. The first-order valence-corrected chi connectivity index (χ1v) is 14.1. The summed E-state index contributed by atoms with van der Waals surface area (Å²) in [7, 11) is 3.26. The van der Waals surface area contributed by atoms with Crippen LogP contribution in [0.15, 0.2) is 53.7 Å². The molecule has 2 fully saturated rings. The predicted molar refractivity (Wildman–Crippen MR) is 154 cm³/mol. The number of nitrogens with zero attached hydrogens (tertiary/aromatic N) is 4. The monoisotopic (exact) mass is 574 g/mol. The predicted octanol–water partition coefficient (Wildman–Crippen LogP) is 5.55. The van der Waals surface area contributed by atoms with Gasteiger partial charge in [-0.05, 0) is 56.0 Å².